The van der Waals surface area contributed by atoms with Crippen LogP contribution in [0.5, 0.6) is 0 Å². The van der Waals surface area contributed by atoms with E-state index in [2.05, 4.69) is 13.0 Å². The van der Waals surface area contributed by atoms with Crippen molar-refractivity contribution in [3.8, 4) is 0 Å². The number of unbranched alkanes of at least 4 members (excludes halogenated alkanes) is 10. The van der Waals surface area contributed by atoms with Gasteiger partial charge in [-0.2, -0.15) is 0 Å². The standard InChI is InChI=1S/C18H34/c1-2-3-4-5-6-7-8-9-10-11-12-15-18-16-13-14-17-18/h16H,2-15,17H2,1H3. The Morgan fingerprint density at radius 3 is 1.83 bits per heavy atom. The van der Waals surface area contributed by atoms with Gasteiger partial charge in [0.2, 0.25) is 0 Å². The van der Waals surface area contributed by atoms with E-state index < -0.39 is 0 Å². The molecule has 0 aliphatic heterocycles. The predicted octanol–water partition coefficient (Wildman–Crippen LogP) is 6.80. The molecule has 0 saturated carbocycles. The van der Waals surface area contributed by atoms with Crippen molar-refractivity contribution in [2.75, 3.05) is 0 Å². The summed E-state index contributed by atoms with van der Waals surface area (Å²) in [6.45, 7) is 2.29. The van der Waals surface area contributed by atoms with Gasteiger partial charge in [0.1, 0.15) is 0 Å². The highest BCUT2D eigenvalue weighted by Gasteiger charge is 2.03. The van der Waals surface area contributed by atoms with Gasteiger partial charge in [0.05, 0.1) is 0 Å². The minimum Gasteiger partial charge on any atom is -0.0853 e. The van der Waals surface area contributed by atoms with Crippen molar-refractivity contribution >= 4 is 0 Å². The monoisotopic (exact) mass is 250 g/mol. The summed E-state index contributed by atoms with van der Waals surface area (Å²) in [4.78, 5) is 0. The summed E-state index contributed by atoms with van der Waals surface area (Å²) in [5, 5.41) is 0. The summed E-state index contributed by atoms with van der Waals surface area (Å²) in [5.41, 5.74) is 1.76. The van der Waals surface area contributed by atoms with E-state index >= 15 is 0 Å². The van der Waals surface area contributed by atoms with E-state index in [1.165, 1.54) is 96.3 Å². The van der Waals surface area contributed by atoms with E-state index in [-0.39, 0.29) is 0 Å². The van der Waals surface area contributed by atoms with Crippen molar-refractivity contribution in [3.63, 3.8) is 0 Å². The normalized spacial score (nSPS) is 15.1. The van der Waals surface area contributed by atoms with Crippen LogP contribution in [0.1, 0.15) is 103 Å². The molecule has 0 saturated heterocycles. The van der Waals surface area contributed by atoms with Crippen molar-refractivity contribution in [1.29, 1.82) is 0 Å². The van der Waals surface area contributed by atoms with E-state index in [0.717, 1.165) is 0 Å². The van der Waals surface area contributed by atoms with E-state index in [0.29, 0.717) is 0 Å². The highest BCUT2D eigenvalue weighted by atomic mass is 14.1. The molecule has 1 rings (SSSR count). The fraction of sp³-hybridized carbons (Fsp3) is 0.889. The third-order valence-corrected chi connectivity index (χ3v) is 4.24. The maximum absolute atomic E-state index is 2.48. The van der Waals surface area contributed by atoms with Gasteiger partial charge in [-0.15, -0.1) is 0 Å². The molecule has 1 aliphatic carbocycles. The smallest absolute Gasteiger partial charge is 0.0317 e. The molecule has 1 aliphatic rings. The number of hydrogen-bond donors (Lipinski definition) is 0. The second-order valence-electron chi connectivity index (χ2n) is 6.04. The maximum Gasteiger partial charge on any atom is -0.0317 e. The summed E-state index contributed by atoms with van der Waals surface area (Å²) in [7, 11) is 0. The van der Waals surface area contributed by atoms with Crippen LogP contribution in [0.4, 0.5) is 0 Å². The third kappa shape index (κ3) is 8.78. The highest BCUT2D eigenvalue weighted by Crippen LogP contribution is 2.23. The fourth-order valence-corrected chi connectivity index (χ4v) is 2.98. The topological polar surface area (TPSA) is 0 Å². The number of hydrogen-bond acceptors (Lipinski definition) is 0. The largest absolute Gasteiger partial charge is 0.0853 e. The Balaban J connectivity index is 1.71. The molecular weight excluding hydrogens is 216 g/mol. The first-order chi connectivity index (χ1) is 8.93. The van der Waals surface area contributed by atoms with Crippen molar-refractivity contribution in [2.24, 2.45) is 0 Å². The minimum absolute atomic E-state index is 1.35. The average molecular weight is 250 g/mol. The Morgan fingerprint density at radius 2 is 1.33 bits per heavy atom. The first kappa shape index (κ1) is 15.8. The Bertz CT molecular complexity index is 202. The van der Waals surface area contributed by atoms with Crippen molar-refractivity contribution in [3.05, 3.63) is 11.6 Å². The lowest BCUT2D eigenvalue weighted by Crippen LogP contribution is -1.83. The molecule has 0 unspecified atom stereocenters. The van der Waals surface area contributed by atoms with Crippen LogP contribution >= 0.6 is 0 Å². The van der Waals surface area contributed by atoms with Crippen molar-refractivity contribution in [1.82, 2.24) is 0 Å². The molecule has 0 aromatic rings. The van der Waals surface area contributed by atoms with E-state index in [1.54, 1.807) is 5.57 Å². The van der Waals surface area contributed by atoms with Gasteiger partial charge in [-0.3, -0.25) is 0 Å². The molecule has 18 heavy (non-hydrogen) atoms. The molecule has 0 atom stereocenters. The molecule has 0 amide bonds. The van der Waals surface area contributed by atoms with Gasteiger partial charge in [-0.1, -0.05) is 82.8 Å². The van der Waals surface area contributed by atoms with Crippen LogP contribution < -0.4 is 0 Å². The Kier molecular flexibility index (Phi) is 10.4. The van der Waals surface area contributed by atoms with Crippen LogP contribution in [-0.4, -0.2) is 0 Å². The fourth-order valence-electron chi connectivity index (χ4n) is 2.98. The first-order valence-electron chi connectivity index (χ1n) is 8.61. The lowest BCUT2D eigenvalue weighted by atomic mass is 10.0. The maximum atomic E-state index is 2.48. The van der Waals surface area contributed by atoms with Crippen LogP contribution in [0.15, 0.2) is 11.6 Å². The van der Waals surface area contributed by atoms with Crippen LogP contribution in [0.25, 0.3) is 0 Å². The molecule has 106 valence electrons. The van der Waals surface area contributed by atoms with Crippen molar-refractivity contribution < 1.29 is 0 Å². The molecule has 0 fully saturated rings. The average Bonchev–Trinajstić information content (AvgIpc) is 2.89. The Hall–Kier alpha value is -0.260. The second kappa shape index (κ2) is 11.8. The van der Waals surface area contributed by atoms with Crippen LogP contribution in [-0.2, 0) is 0 Å². The summed E-state index contributed by atoms with van der Waals surface area (Å²) >= 11 is 0. The molecule has 0 bridgehead atoms. The van der Waals surface area contributed by atoms with Gasteiger partial charge in [0, 0.05) is 0 Å². The lowest BCUT2D eigenvalue weighted by molar-refractivity contribution is 0.548. The SMILES string of the molecule is CCCCCCCCCCCCCC1=CCCC1. The molecule has 0 N–H and O–H groups in total. The van der Waals surface area contributed by atoms with Crippen LogP contribution in [0.3, 0.4) is 0 Å². The first-order valence-corrected chi connectivity index (χ1v) is 8.61. The molecule has 0 heteroatoms. The summed E-state index contributed by atoms with van der Waals surface area (Å²) < 4.78 is 0. The van der Waals surface area contributed by atoms with Gasteiger partial charge in [-0.25, -0.2) is 0 Å². The van der Waals surface area contributed by atoms with Gasteiger partial charge < -0.3 is 0 Å². The molecule has 0 nitrogen and oxygen atoms in total. The Labute approximate surface area is 115 Å². The van der Waals surface area contributed by atoms with Gasteiger partial charge >= 0.3 is 0 Å². The van der Waals surface area contributed by atoms with Crippen molar-refractivity contribution in [2.45, 2.75) is 103 Å². The van der Waals surface area contributed by atoms with Gasteiger partial charge in [-0.05, 0) is 32.1 Å². The van der Waals surface area contributed by atoms with Crippen LogP contribution in [0, 0.1) is 0 Å². The molecule has 0 spiro atoms. The zero-order valence-corrected chi connectivity index (χ0v) is 12.7. The molecule has 0 aromatic carbocycles. The Morgan fingerprint density at radius 1 is 0.778 bits per heavy atom. The number of rotatable bonds is 12. The quantitative estimate of drug-likeness (QED) is 0.264. The molecule has 0 radical (unpaired) electrons. The summed E-state index contributed by atoms with van der Waals surface area (Å²) in [6.07, 6.45) is 24.1. The second-order valence-corrected chi connectivity index (χ2v) is 6.04. The molecular formula is C18H34. The van der Waals surface area contributed by atoms with E-state index in [1.807, 2.05) is 0 Å². The van der Waals surface area contributed by atoms with E-state index in [4.69, 9.17) is 0 Å². The third-order valence-electron chi connectivity index (χ3n) is 4.24. The van der Waals surface area contributed by atoms with Crippen LogP contribution in [0.2, 0.25) is 0 Å². The van der Waals surface area contributed by atoms with E-state index in [9.17, 15) is 0 Å². The minimum atomic E-state index is 1.35. The lowest BCUT2D eigenvalue weighted by Gasteiger charge is -2.03. The van der Waals surface area contributed by atoms with Gasteiger partial charge in [0.25, 0.3) is 0 Å². The molecule has 0 heterocycles. The highest BCUT2D eigenvalue weighted by molar-refractivity contribution is 5.06. The molecule has 0 aromatic heterocycles. The summed E-state index contributed by atoms with van der Waals surface area (Å²) in [6, 6.07) is 0. The summed E-state index contributed by atoms with van der Waals surface area (Å²) in [5.74, 6) is 0. The predicted molar refractivity (Wildman–Crippen MR) is 83.0 cm³/mol. The zero-order chi connectivity index (χ0) is 12.9. The van der Waals surface area contributed by atoms with Gasteiger partial charge in [0.15, 0.2) is 0 Å². The zero-order valence-electron chi connectivity index (χ0n) is 12.7. The number of allylic oxidation sites excluding steroid dienone is 2.